The first-order valence-electron chi connectivity index (χ1n) is 10.8. The smallest absolute Gasteiger partial charge is 0.254 e. The van der Waals surface area contributed by atoms with Gasteiger partial charge in [-0.2, -0.15) is 0 Å². The number of hydrogen-bond donors (Lipinski definition) is 1. The summed E-state index contributed by atoms with van der Waals surface area (Å²) in [6.45, 7) is 6.53. The van der Waals surface area contributed by atoms with Crippen molar-refractivity contribution in [2.24, 2.45) is 5.92 Å². The van der Waals surface area contributed by atoms with Gasteiger partial charge in [-0.3, -0.25) is 9.59 Å². The third-order valence-electron chi connectivity index (χ3n) is 5.87. The molecule has 2 aromatic carbocycles. The van der Waals surface area contributed by atoms with Gasteiger partial charge in [0.15, 0.2) is 11.5 Å². The highest BCUT2D eigenvalue weighted by Gasteiger charge is 2.41. The van der Waals surface area contributed by atoms with Crippen LogP contribution in [0.5, 0.6) is 17.2 Å². The van der Waals surface area contributed by atoms with Gasteiger partial charge < -0.3 is 24.4 Å². The molecule has 1 heterocycles. The van der Waals surface area contributed by atoms with E-state index in [0.717, 1.165) is 11.1 Å². The number of methoxy groups -OCH3 is 3. The van der Waals surface area contributed by atoms with E-state index in [1.54, 1.807) is 26.2 Å². The van der Waals surface area contributed by atoms with E-state index < -0.39 is 5.92 Å². The Balaban J connectivity index is 2.01. The number of carbonyl (C=O) groups is 2. The van der Waals surface area contributed by atoms with Crippen LogP contribution < -0.4 is 19.5 Å². The van der Waals surface area contributed by atoms with Gasteiger partial charge in [-0.25, -0.2) is 0 Å². The maximum Gasteiger partial charge on any atom is 0.254 e. The van der Waals surface area contributed by atoms with E-state index >= 15 is 0 Å². The fourth-order valence-electron chi connectivity index (χ4n) is 4.26. The molecule has 1 aliphatic rings. The second-order valence-electron chi connectivity index (χ2n) is 8.36. The number of carbonyl (C=O) groups excluding carboxylic acids is 2. The minimum absolute atomic E-state index is 0.00390. The third kappa shape index (κ3) is 4.66. The van der Waals surface area contributed by atoms with Crippen LogP contribution in [0.15, 0.2) is 36.4 Å². The molecule has 0 aliphatic carbocycles. The molecule has 0 spiro atoms. The van der Waals surface area contributed by atoms with Gasteiger partial charge in [-0.15, -0.1) is 0 Å². The molecule has 2 atom stereocenters. The molecule has 1 aliphatic heterocycles. The lowest BCUT2D eigenvalue weighted by molar-refractivity contribution is -0.125. The summed E-state index contributed by atoms with van der Waals surface area (Å²) in [5, 5.41) is 3.01. The lowest BCUT2D eigenvalue weighted by atomic mass is 9.87. The van der Waals surface area contributed by atoms with Crippen LogP contribution in [0.2, 0.25) is 0 Å². The molecule has 2 aromatic rings. The first kappa shape index (κ1) is 23.4. The van der Waals surface area contributed by atoms with Crippen molar-refractivity contribution in [2.45, 2.75) is 32.7 Å². The minimum atomic E-state index is -0.395. The molecule has 1 N–H and O–H groups in total. The first-order chi connectivity index (χ1) is 15.3. The van der Waals surface area contributed by atoms with Crippen LogP contribution in [0.4, 0.5) is 0 Å². The van der Waals surface area contributed by atoms with Crippen molar-refractivity contribution >= 4 is 11.8 Å². The summed E-state index contributed by atoms with van der Waals surface area (Å²) in [5.41, 5.74) is 2.43. The summed E-state index contributed by atoms with van der Waals surface area (Å²) in [5.74, 6) is 0.790. The number of amides is 2. The predicted molar refractivity (Wildman–Crippen MR) is 123 cm³/mol. The maximum absolute atomic E-state index is 13.3. The fraction of sp³-hybridized carbons (Fsp3) is 0.440. The van der Waals surface area contributed by atoms with Crippen LogP contribution >= 0.6 is 0 Å². The van der Waals surface area contributed by atoms with Crippen molar-refractivity contribution in [2.75, 3.05) is 34.4 Å². The quantitative estimate of drug-likeness (QED) is 0.714. The monoisotopic (exact) mass is 440 g/mol. The number of likely N-dealkylation sites (tertiary alicyclic amines) is 1. The average Bonchev–Trinajstić information content (AvgIpc) is 3.23. The second kappa shape index (κ2) is 9.94. The number of benzene rings is 2. The Kier molecular flexibility index (Phi) is 7.28. The number of ether oxygens (including phenoxy) is 3. The molecular weight excluding hydrogens is 408 g/mol. The van der Waals surface area contributed by atoms with Gasteiger partial charge in [-0.05, 0) is 50.1 Å². The van der Waals surface area contributed by atoms with Crippen LogP contribution in [0.3, 0.4) is 0 Å². The zero-order valence-electron chi connectivity index (χ0n) is 19.6. The molecule has 3 rings (SSSR count). The predicted octanol–water partition coefficient (Wildman–Crippen LogP) is 3.40. The molecule has 7 heteroatoms. The van der Waals surface area contributed by atoms with Gasteiger partial charge >= 0.3 is 0 Å². The molecule has 1 fully saturated rings. The minimum Gasteiger partial charge on any atom is -0.493 e. The Labute approximate surface area is 189 Å². The van der Waals surface area contributed by atoms with Crippen molar-refractivity contribution in [3.05, 3.63) is 53.1 Å². The van der Waals surface area contributed by atoms with E-state index in [-0.39, 0.29) is 23.8 Å². The Bertz CT molecular complexity index is 963. The molecular formula is C25H32N2O5. The number of nitrogens with one attached hydrogen (secondary N) is 1. The fourth-order valence-corrected chi connectivity index (χ4v) is 4.26. The summed E-state index contributed by atoms with van der Waals surface area (Å²) in [6, 6.07) is 11.2. The molecule has 32 heavy (non-hydrogen) atoms. The molecule has 1 saturated heterocycles. The standard InChI is InChI=1S/C25H32N2O5/c1-15(2)26-24(28)20-14-27(25(29)18-10-8-7-9-16(18)3)13-19(20)17-11-21(30-4)23(32-6)22(12-17)31-5/h7-12,15,19-20H,13-14H2,1-6H3,(H,26,28). The second-order valence-corrected chi connectivity index (χ2v) is 8.36. The van der Waals surface area contributed by atoms with Gasteiger partial charge in [0.05, 0.1) is 27.2 Å². The summed E-state index contributed by atoms with van der Waals surface area (Å²) in [4.78, 5) is 28.2. The zero-order chi connectivity index (χ0) is 23.4. The number of nitrogens with zero attached hydrogens (tertiary/aromatic N) is 1. The van der Waals surface area contributed by atoms with Crippen LogP contribution in [0, 0.1) is 12.8 Å². The van der Waals surface area contributed by atoms with Gasteiger partial charge in [0.1, 0.15) is 0 Å². The van der Waals surface area contributed by atoms with E-state index in [1.807, 2.05) is 57.2 Å². The van der Waals surface area contributed by atoms with Crippen LogP contribution in [0.1, 0.15) is 41.3 Å². The molecule has 2 amide bonds. The molecule has 2 unspecified atom stereocenters. The Morgan fingerprint density at radius 1 is 1.00 bits per heavy atom. The normalized spacial score (nSPS) is 17.9. The summed E-state index contributed by atoms with van der Waals surface area (Å²) >= 11 is 0. The van der Waals surface area contributed by atoms with Gasteiger partial charge in [-0.1, -0.05) is 18.2 Å². The van der Waals surface area contributed by atoms with Crippen molar-refractivity contribution in [1.29, 1.82) is 0 Å². The van der Waals surface area contributed by atoms with Crippen molar-refractivity contribution < 1.29 is 23.8 Å². The first-order valence-corrected chi connectivity index (χ1v) is 10.8. The summed E-state index contributed by atoms with van der Waals surface area (Å²) in [7, 11) is 4.68. The number of aryl methyl sites for hydroxylation is 1. The number of rotatable bonds is 7. The molecule has 0 radical (unpaired) electrons. The third-order valence-corrected chi connectivity index (χ3v) is 5.87. The van der Waals surface area contributed by atoms with E-state index in [4.69, 9.17) is 14.2 Å². The lowest BCUT2D eigenvalue weighted by Crippen LogP contribution is -2.39. The van der Waals surface area contributed by atoms with Crippen molar-refractivity contribution in [3.8, 4) is 17.2 Å². The molecule has 0 saturated carbocycles. The highest BCUT2D eigenvalue weighted by molar-refractivity contribution is 5.96. The van der Waals surface area contributed by atoms with Crippen molar-refractivity contribution in [3.63, 3.8) is 0 Å². The zero-order valence-corrected chi connectivity index (χ0v) is 19.6. The SMILES string of the molecule is COc1cc(C2CN(C(=O)c3ccccc3C)CC2C(=O)NC(C)C)cc(OC)c1OC. The van der Waals surface area contributed by atoms with Gasteiger partial charge in [0.25, 0.3) is 5.91 Å². The highest BCUT2D eigenvalue weighted by Crippen LogP contribution is 2.43. The molecule has 0 aromatic heterocycles. The average molecular weight is 441 g/mol. The molecule has 0 bridgehead atoms. The van der Waals surface area contributed by atoms with Crippen LogP contribution in [0.25, 0.3) is 0 Å². The van der Waals surface area contributed by atoms with E-state index in [9.17, 15) is 9.59 Å². The van der Waals surface area contributed by atoms with E-state index in [0.29, 0.717) is 35.9 Å². The topological polar surface area (TPSA) is 77.1 Å². The lowest BCUT2D eigenvalue weighted by Gasteiger charge is -2.21. The van der Waals surface area contributed by atoms with Gasteiger partial charge in [0, 0.05) is 30.6 Å². The van der Waals surface area contributed by atoms with E-state index in [1.165, 1.54) is 0 Å². The maximum atomic E-state index is 13.3. The van der Waals surface area contributed by atoms with Gasteiger partial charge in [0.2, 0.25) is 11.7 Å². The molecule has 7 nitrogen and oxygen atoms in total. The summed E-state index contributed by atoms with van der Waals surface area (Å²) in [6.07, 6.45) is 0. The van der Waals surface area contributed by atoms with Crippen LogP contribution in [-0.4, -0.2) is 57.2 Å². The Morgan fingerprint density at radius 2 is 1.62 bits per heavy atom. The largest absolute Gasteiger partial charge is 0.493 e. The Morgan fingerprint density at radius 3 is 2.16 bits per heavy atom. The van der Waals surface area contributed by atoms with Crippen LogP contribution in [-0.2, 0) is 4.79 Å². The number of hydrogen-bond acceptors (Lipinski definition) is 5. The Hall–Kier alpha value is -3.22. The highest BCUT2D eigenvalue weighted by atomic mass is 16.5. The molecule has 172 valence electrons. The van der Waals surface area contributed by atoms with Crippen molar-refractivity contribution in [1.82, 2.24) is 10.2 Å². The summed E-state index contributed by atoms with van der Waals surface area (Å²) < 4.78 is 16.5. The van der Waals surface area contributed by atoms with E-state index in [2.05, 4.69) is 5.32 Å².